The monoisotopic (exact) mass is 543 g/mol. The fourth-order valence-corrected chi connectivity index (χ4v) is 6.94. The van der Waals surface area contributed by atoms with E-state index in [-0.39, 0.29) is 5.91 Å². The Labute approximate surface area is 232 Å². The number of hydrogen-bond acceptors (Lipinski definition) is 5. The fraction of sp³-hybridized carbons (Fsp3) is 0.129. The van der Waals surface area contributed by atoms with Gasteiger partial charge in [0.05, 0.1) is 16.4 Å². The maximum atomic E-state index is 13.3. The molecular formula is C31H29NO2S3. The molecule has 4 aromatic carbocycles. The van der Waals surface area contributed by atoms with Gasteiger partial charge in [-0.25, -0.2) is 0 Å². The quantitative estimate of drug-likeness (QED) is 0.194. The third-order valence-electron chi connectivity index (χ3n) is 5.42. The topological polar surface area (TPSA) is 38.3 Å². The maximum Gasteiger partial charge on any atom is 0.256 e. The number of rotatable bonds is 12. The summed E-state index contributed by atoms with van der Waals surface area (Å²) in [4.78, 5) is 13.3. The highest BCUT2D eigenvalue weighted by molar-refractivity contribution is 8.22. The summed E-state index contributed by atoms with van der Waals surface area (Å²) in [6.07, 6.45) is 0. The highest BCUT2D eigenvalue weighted by Gasteiger charge is 2.16. The van der Waals surface area contributed by atoms with Crippen LogP contribution < -0.4 is 10.1 Å². The van der Waals surface area contributed by atoms with Gasteiger partial charge in [0.15, 0.2) is 0 Å². The summed E-state index contributed by atoms with van der Waals surface area (Å²) in [7, 11) is 1.62. The van der Waals surface area contributed by atoms with Crippen molar-refractivity contribution in [3.8, 4) is 5.75 Å². The van der Waals surface area contributed by atoms with Crippen LogP contribution in [0.25, 0.3) is 0 Å². The first kappa shape index (κ1) is 27.0. The average Bonchev–Trinajstić information content (AvgIpc) is 2.97. The molecule has 4 aromatic rings. The Morgan fingerprint density at radius 1 is 0.622 bits per heavy atom. The van der Waals surface area contributed by atoms with Crippen molar-refractivity contribution in [1.29, 1.82) is 0 Å². The molecule has 0 atom stereocenters. The van der Waals surface area contributed by atoms with Crippen molar-refractivity contribution in [2.24, 2.45) is 0 Å². The third kappa shape index (κ3) is 8.78. The first-order valence-electron chi connectivity index (χ1n) is 11.9. The molecular weight excluding hydrogens is 515 g/mol. The largest absolute Gasteiger partial charge is 0.497 e. The zero-order valence-corrected chi connectivity index (χ0v) is 23.1. The van der Waals surface area contributed by atoms with E-state index in [0.717, 1.165) is 32.3 Å². The molecule has 4 rings (SSSR count). The molecule has 0 radical (unpaired) electrons. The van der Waals surface area contributed by atoms with Crippen LogP contribution in [-0.2, 0) is 17.3 Å². The molecule has 0 aliphatic carbocycles. The van der Waals surface area contributed by atoms with Crippen LogP contribution in [0.4, 0.5) is 0 Å². The van der Waals surface area contributed by atoms with Gasteiger partial charge in [-0.1, -0.05) is 91.0 Å². The lowest BCUT2D eigenvalue weighted by atomic mass is 10.2. The van der Waals surface area contributed by atoms with Gasteiger partial charge in [-0.2, -0.15) is 0 Å². The summed E-state index contributed by atoms with van der Waals surface area (Å²) in [5.41, 5.74) is 4.31. The molecule has 1 N–H and O–H groups in total. The number of thioether (sulfide) groups is 3. The predicted molar refractivity (Wildman–Crippen MR) is 161 cm³/mol. The number of carbonyl (C=O) groups is 1. The molecule has 0 heterocycles. The molecule has 0 spiro atoms. The molecule has 0 fully saturated rings. The van der Waals surface area contributed by atoms with Crippen molar-refractivity contribution >= 4 is 41.2 Å². The van der Waals surface area contributed by atoms with Crippen LogP contribution in [0, 0.1) is 0 Å². The van der Waals surface area contributed by atoms with Crippen molar-refractivity contribution in [2.75, 3.05) is 7.11 Å². The van der Waals surface area contributed by atoms with Crippen LogP contribution >= 0.6 is 35.3 Å². The molecule has 0 aromatic heterocycles. The minimum Gasteiger partial charge on any atom is -0.497 e. The summed E-state index contributed by atoms with van der Waals surface area (Å²) < 4.78 is 6.36. The van der Waals surface area contributed by atoms with E-state index in [4.69, 9.17) is 4.74 Å². The van der Waals surface area contributed by atoms with E-state index in [1.54, 1.807) is 54.5 Å². The van der Waals surface area contributed by atoms with Crippen LogP contribution in [0.15, 0.2) is 125 Å². The number of ether oxygens (including phenoxy) is 1. The van der Waals surface area contributed by atoms with E-state index in [1.165, 1.54) is 16.7 Å². The summed E-state index contributed by atoms with van der Waals surface area (Å²) in [6, 6.07) is 38.4. The Kier molecular flexibility index (Phi) is 10.7. The Balaban J connectivity index is 1.61. The SMILES string of the molecule is COc1ccc(C(=O)NC(SCc2ccccc2)=C(SCc2ccccc2)SCc2ccccc2)cc1. The molecule has 0 unspecified atom stereocenters. The van der Waals surface area contributed by atoms with Crippen LogP contribution in [0.3, 0.4) is 0 Å². The number of hydrogen-bond donors (Lipinski definition) is 1. The summed E-state index contributed by atoms with van der Waals surface area (Å²) >= 11 is 5.20. The fourth-order valence-electron chi connectivity index (χ4n) is 3.41. The van der Waals surface area contributed by atoms with Crippen molar-refractivity contribution in [1.82, 2.24) is 5.32 Å². The predicted octanol–water partition coefficient (Wildman–Crippen LogP) is 8.35. The lowest BCUT2D eigenvalue weighted by molar-refractivity contribution is 0.0969. The van der Waals surface area contributed by atoms with Crippen molar-refractivity contribution in [2.45, 2.75) is 17.3 Å². The molecule has 37 heavy (non-hydrogen) atoms. The second-order valence-electron chi connectivity index (χ2n) is 8.12. The highest BCUT2D eigenvalue weighted by Crippen LogP contribution is 2.39. The number of carbonyl (C=O) groups excluding carboxylic acids is 1. The average molecular weight is 544 g/mol. The van der Waals surface area contributed by atoms with E-state index in [9.17, 15) is 4.79 Å². The van der Waals surface area contributed by atoms with Gasteiger partial charge in [0.25, 0.3) is 5.91 Å². The van der Waals surface area contributed by atoms with E-state index in [1.807, 2.05) is 42.5 Å². The van der Waals surface area contributed by atoms with E-state index in [2.05, 4.69) is 66.0 Å². The summed E-state index contributed by atoms with van der Waals surface area (Å²) in [5, 5.41) is 4.12. The van der Waals surface area contributed by atoms with Crippen molar-refractivity contribution in [3.05, 3.63) is 147 Å². The molecule has 3 nitrogen and oxygen atoms in total. The lowest BCUT2D eigenvalue weighted by Crippen LogP contribution is -2.22. The minimum absolute atomic E-state index is 0.128. The molecule has 0 aliphatic heterocycles. The van der Waals surface area contributed by atoms with Crippen LogP contribution in [0.5, 0.6) is 5.75 Å². The van der Waals surface area contributed by atoms with Crippen LogP contribution in [-0.4, -0.2) is 13.0 Å². The van der Waals surface area contributed by atoms with Gasteiger partial charge >= 0.3 is 0 Å². The van der Waals surface area contributed by atoms with Gasteiger partial charge in [0.2, 0.25) is 0 Å². The van der Waals surface area contributed by atoms with Crippen LogP contribution in [0.1, 0.15) is 27.0 Å². The van der Waals surface area contributed by atoms with Crippen LogP contribution in [0.2, 0.25) is 0 Å². The Morgan fingerprint density at radius 3 is 1.49 bits per heavy atom. The summed E-state index contributed by atoms with van der Waals surface area (Å²) in [5.74, 6) is 3.01. The molecule has 0 saturated heterocycles. The van der Waals surface area contributed by atoms with Gasteiger partial charge in [-0.05, 0) is 41.0 Å². The second-order valence-corrected chi connectivity index (χ2v) is 11.3. The van der Waals surface area contributed by atoms with Crippen molar-refractivity contribution < 1.29 is 9.53 Å². The third-order valence-corrected chi connectivity index (χ3v) is 9.34. The van der Waals surface area contributed by atoms with Crippen molar-refractivity contribution in [3.63, 3.8) is 0 Å². The van der Waals surface area contributed by atoms with Gasteiger partial charge in [0, 0.05) is 22.8 Å². The van der Waals surface area contributed by atoms with Gasteiger partial charge in [0.1, 0.15) is 5.75 Å². The zero-order valence-electron chi connectivity index (χ0n) is 20.6. The lowest BCUT2D eigenvalue weighted by Gasteiger charge is -2.16. The molecule has 188 valence electrons. The normalized spacial score (nSPS) is 10.5. The Morgan fingerprint density at radius 2 is 1.05 bits per heavy atom. The number of benzene rings is 4. The highest BCUT2D eigenvalue weighted by atomic mass is 32.2. The Hall–Kier alpha value is -3.06. The van der Waals surface area contributed by atoms with E-state index >= 15 is 0 Å². The number of amides is 1. The number of methoxy groups -OCH3 is 1. The molecule has 1 amide bonds. The first-order chi connectivity index (χ1) is 18.2. The standard InChI is InChI=1S/C31H29NO2S3/c1-34-28-19-17-27(18-20-28)29(33)32-30(35-21-24-11-5-2-6-12-24)31(36-22-25-13-7-3-8-14-25)37-23-26-15-9-4-10-16-26/h2-20H,21-23H2,1H3,(H,32,33). The number of nitrogens with one attached hydrogen (secondary N) is 1. The molecule has 0 saturated carbocycles. The second kappa shape index (κ2) is 14.6. The zero-order chi connectivity index (χ0) is 25.7. The summed E-state index contributed by atoms with van der Waals surface area (Å²) in [6.45, 7) is 0. The van der Waals surface area contributed by atoms with Gasteiger partial charge in [-0.3, -0.25) is 4.79 Å². The smallest absolute Gasteiger partial charge is 0.256 e. The van der Waals surface area contributed by atoms with E-state index < -0.39 is 0 Å². The molecule has 0 bridgehead atoms. The molecule has 0 aliphatic rings. The van der Waals surface area contributed by atoms with E-state index in [0.29, 0.717) is 5.56 Å². The molecule has 6 heteroatoms. The Bertz CT molecular complexity index is 1230. The van der Waals surface area contributed by atoms with Gasteiger partial charge in [-0.15, -0.1) is 35.3 Å². The maximum absolute atomic E-state index is 13.3. The minimum atomic E-state index is -0.128. The first-order valence-corrected chi connectivity index (χ1v) is 14.9. The van der Waals surface area contributed by atoms with Gasteiger partial charge < -0.3 is 10.1 Å².